The topological polar surface area (TPSA) is 58.2 Å². The molecule has 0 aromatic heterocycles. The maximum atomic E-state index is 13.6. The van der Waals surface area contributed by atoms with E-state index in [4.69, 9.17) is 0 Å². The van der Waals surface area contributed by atoms with Gasteiger partial charge in [-0.05, 0) is 86.0 Å². The van der Waals surface area contributed by atoms with Gasteiger partial charge in [0.25, 0.3) is 0 Å². The minimum atomic E-state index is -4.91. The molecule has 37 heavy (non-hydrogen) atoms. The van der Waals surface area contributed by atoms with Gasteiger partial charge in [0, 0.05) is 17.4 Å². The molecule has 0 spiro atoms. The van der Waals surface area contributed by atoms with Gasteiger partial charge in [0.15, 0.2) is 0 Å². The van der Waals surface area contributed by atoms with Crippen LogP contribution in [-0.4, -0.2) is 17.9 Å². The van der Waals surface area contributed by atoms with Crippen LogP contribution < -0.4 is 10.6 Å². The second-order valence-electron chi connectivity index (χ2n) is 11.6. The Balaban J connectivity index is 1.40. The zero-order valence-corrected chi connectivity index (χ0v) is 20.6. The molecule has 0 bridgehead atoms. The zero-order chi connectivity index (χ0) is 27.0. The normalized spacial score (nSPS) is 37.3. The minimum absolute atomic E-state index is 0.0535. The van der Waals surface area contributed by atoms with Gasteiger partial charge < -0.3 is 10.6 Å². The lowest BCUT2D eigenvalue weighted by Gasteiger charge is -2.58. The van der Waals surface area contributed by atoms with E-state index in [0.717, 1.165) is 25.7 Å². The summed E-state index contributed by atoms with van der Waals surface area (Å²) in [4.78, 5) is 25.3. The van der Waals surface area contributed by atoms with Crippen LogP contribution in [0, 0.1) is 34.5 Å². The van der Waals surface area contributed by atoms with Gasteiger partial charge in [-0.25, -0.2) is 0 Å². The number of halogens is 6. The molecule has 3 fully saturated rings. The molecular weight excluding hydrogens is 498 g/mol. The van der Waals surface area contributed by atoms with Gasteiger partial charge in [-0.3, -0.25) is 9.59 Å². The van der Waals surface area contributed by atoms with Gasteiger partial charge in [0.05, 0.1) is 16.8 Å². The minimum Gasteiger partial charge on any atom is -0.349 e. The van der Waals surface area contributed by atoms with E-state index in [1.807, 2.05) is 13.0 Å². The van der Waals surface area contributed by atoms with E-state index in [1.54, 1.807) is 6.08 Å². The molecule has 3 aliphatic carbocycles. The zero-order valence-electron chi connectivity index (χ0n) is 20.6. The van der Waals surface area contributed by atoms with Gasteiger partial charge in [-0.1, -0.05) is 19.9 Å². The third-order valence-corrected chi connectivity index (χ3v) is 9.91. The number of hydrogen-bond donors (Lipinski definition) is 2. The number of anilines is 1. The molecule has 1 unspecified atom stereocenters. The first-order chi connectivity index (χ1) is 17.1. The Morgan fingerprint density at radius 2 is 1.70 bits per heavy atom. The Bertz CT molecular complexity index is 1140. The van der Waals surface area contributed by atoms with E-state index in [-0.39, 0.29) is 23.3 Å². The first kappa shape index (κ1) is 26.1. The summed E-state index contributed by atoms with van der Waals surface area (Å²) >= 11 is 0. The first-order valence-electron chi connectivity index (χ1n) is 12.7. The van der Waals surface area contributed by atoms with Crippen molar-refractivity contribution >= 4 is 17.5 Å². The fraction of sp³-hybridized carbons (Fsp3) is 0.630. The average molecular weight is 529 g/mol. The van der Waals surface area contributed by atoms with Crippen LogP contribution in [0.2, 0.25) is 0 Å². The second kappa shape index (κ2) is 8.50. The molecule has 7 atom stereocenters. The average Bonchev–Trinajstić information content (AvgIpc) is 3.15. The molecule has 0 saturated heterocycles. The number of alkyl halides is 6. The van der Waals surface area contributed by atoms with Crippen LogP contribution in [0.4, 0.5) is 32.0 Å². The van der Waals surface area contributed by atoms with Crippen LogP contribution in [0.15, 0.2) is 30.4 Å². The van der Waals surface area contributed by atoms with Crippen LogP contribution in [0.5, 0.6) is 0 Å². The van der Waals surface area contributed by atoms with E-state index >= 15 is 0 Å². The van der Waals surface area contributed by atoms with Gasteiger partial charge in [0.1, 0.15) is 0 Å². The highest BCUT2D eigenvalue weighted by atomic mass is 19.4. The van der Waals surface area contributed by atoms with Crippen molar-refractivity contribution in [3.8, 4) is 0 Å². The Hall–Kier alpha value is -2.52. The summed E-state index contributed by atoms with van der Waals surface area (Å²) in [7, 11) is 0. The highest BCUT2D eigenvalue weighted by molar-refractivity contribution is 5.94. The SMILES string of the molecule is C[C@]12CCC3[C@@H](CC[C@@H]4NC(=O)C=C[C@]34C)[C@@H]1CC[C@@H]2C(=O)Nc1cc(C(F)(F)F)ccc1C(F)(F)F. The van der Waals surface area contributed by atoms with Crippen molar-refractivity contribution in [1.29, 1.82) is 0 Å². The number of amides is 2. The molecule has 4 aliphatic rings. The predicted molar refractivity (Wildman–Crippen MR) is 124 cm³/mol. The third kappa shape index (κ3) is 4.24. The molecule has 3 saturated carbocycles. The lowest BCUT2D eigenvalue weighted by atomic mass is 9.48. The Kier molecular flexibility index (Phi) is 5.99. The predicted octanol–water partition coefficient (Wildman–Crippen LogP) is 6.58. The van der Waals surface area contributed by atoms with Crippen LogP contribution in [-0.2, 0) is 21.9 Å². The van der Waals surface area contributed by atoms with Crippen molar-refractivity contribution in [2.24, 2.45) is 34.5 Å². The summed E-state index contributed by atoms with van der Waals surface area (Å²) in [5, 5.41) is 5.33. The van der Waals surface area contributed by atoms with E-state index in [1.165, 1.54) is 0 Å². The van der Waals surface area contributed by atoms with Crippen LogP contribution in [0.1, 0.15) is 63.5 Å². The first-order valence-corrected chi connectivity index (χ1v) is 12.7. The van der Waals surface area contributed by atoms with Crippen LogP contribution >= 0.6 is 0 Å². The number of nitrogens with one attached hydrogen (secondary N) is 2. The van der Waals surface area contributed by atoms with Crippen molar-refractivity contribution in [2.75, 3.05) is 5.32 Å². The van der Waals surface area contributed by atoms with E-state index in [0.29, 0.717) is 42.9 Å². The quantitative estimate of drug-likeness (QED) is 0.427. The number of carbonyl (C=O) groups excluding carboxylic acids is 2. The van der Waals surface area contributed by atoms with Crippen LogP contribution in [0.3, 0.4) is 0 Å². The Morgan fingerprint density at radius 3 is 2.38 bits per heavy atom. The van der Waals surface area contributed by atoms with Gasteiger partial charge in [-0.2, -0.15) is 26.3 Å². The standard InChI is InChI=1S/C27H30F6N2O2/c1-24-11-9-17-15(4-8-21-25(17,2)12-10-22(36)35-21)16(24)6-7-19(24)23(37)34-20-13-14(26(28,29)30)3-5-18(20)27(31,32)33/h3,5,10,12-13,15-17,19,21H,4,6-9,11H2,1-2H3,(H,34,37)(H,35,36)/t15-,16-,17?,19+,21-,24-,25+/m0/s1. The largest absolute Gasteiger partial charge is 0.418 e. The molecule has 0 radical (unpaired) electrons. The van der Waals surface area contributed by atoms with Crippen molar-refractivity contribution in [1.82, 2.24) is 5.32 Å². The molecule has 5 rings (SSSR count). The molecule has 2 amide bonds. The van der Waals surface area contributed by atoms with Gasteiger partial charge in [-0.15, -0.1) is 0 Å². The van der Waals surface area contributed by atoms with E-state index in [9.17, 15) is 35.9 Å². The number of hydrogen-bond acceptors (Lipinski definition) is 2. The molecule has 2 N–H and O–H groups in total. The smallest absolute Gasteiger partial charge is 0.349 e. The summed E-state index contributed by atoms with van der Waals surface area (Å²) in [6, 6.07) is 1.18. The summed E-state index contributed by atoms with van der Waals surface area (Å²) < 4.78 is 80.4. The molecule has 202 valence electrons. The summed E-state index contributed by atoms with van der Waals surface area (Å²) in [5.41, 5.74) is -4.06. The molecule has 1 heterocycles. The number of benzene rings is 1. The number of carbonyl (C=O) groups is 2. The monoisotopic (exact) mass is 528 g/mol. The van der Waals surface area contributed by atoms with Crippen molar-refractivity contribution in [3.05, 3.63) is 41.5 Å². The van der Waals surface area contributed by atoms with Crippen molar-refractivity contribution < 1.29 is 35.9 Å². The van der Waals surface area contributed by atoms with Crippen molar-refractivity contribution in [2.45, 2.75) is 70.8 Å². The Morgan fingerprint density at radius 1 is 0.973 bits per heavy atom. The maximum Gasteiger partial charge on any atom is 0.418 e. The molecule has 1 aromatic carbocycles. The molecule has 4 nitrogen and oxygen atoms in total. The molecular formula is C27H30F6N2O2. The highest BCUT2D eigenvalue weighted by Crippen LogP contribution is 2.65. The summed E-state index contributed by atoms with van der Waals surface area (Å²) in [6.45, 7) is 4.17. The summed E-state index contributed by atoms with van der Waals surface area (Å²) in [5.74, 6) is -0.555. The summed E-state index contributed by atoms with van der Waals surface area (Å²) in [6.07, 6.45) is -1.73. The Labute approximate surface area is 211 Å². The lowest BCUT2D eigenvalue weighted by molar-refractivity contribution is -0.141. The van der Waals surface area contributed by atoms with E-state index < -0.39 is 46.4 Å². The van der Waals surface area contributed by atoms with Gasteiger partial charge >= 0.3 is 12.4 Å². The maximum absolute atomic E-state index is 13.6. The third-order valence-electron chi connectivity index (χ3n) is 9.91. The van der Waals surface area contributed by atoms with Crippen LogP contribution in [0.25, 0.3) is 0 Å². The molecule has 10 heteroatoms. The number of rotatable bonds is 2. The second-order valence-corrected chi connectivity index (χ2v) is 11.6. The molecule has 1 aliphatic heterocycles. The number of fused-ring (bicyclic) bond motifs is 5. The fourth-order valence-corrected chi connectivity index (χ4v) is 8.06. The van der Waals surface area contributed by atoms with Gasteiger partial charge in [0.2, 0.25) is 11.8 Å². The van der Waals surface area contributed by atoms with Crippen molar-refractivity contribution in [3.63, 3.8) is 0 Å². The fourth-order valence-electron chi connectivity index (χ4n) is 8.06. The van der Waals surface area contributed by atoms with E-state index in [2.05, 4.69) is 17.6 Å². The molecule has 1 aromatic rings. The highest BCUT2D eigenvalue weighted by Gasteiger charge is 2.61. The lowest BCUT2D eigenvalue weighted by Crippen LogP contribution is -2.59.